The average molecular weight is 322 g/mol. The van der Waals surface area contributed by atoms with Gasteiger partial charge in [-0.3, -0.25) is 4.79 Å². The molecule has 2 atom stereocenters. The van der Waals surface area contributed by atoms with Gasteiger partial charge in [-0.1, -0.05) is 32.1 Å². The third-order valence-electron chi connectivity index (χ3n) is 5.76. The van der Waals surface area contributed by atoms with Crippen molar-refractivity contribution >= 4 is 23.2 Å². The molecule has 0 spiro atoms. The van der Waals surface area contributed by atoms with Gasteiger partial charge in [0.1, 0.15) is 6.54 Å². The Bertz CT molecular complexity index is 846. The first kappa shape index (κ1) is 15.1. The first-order valence-corrected chi connectivity index (χ1v) is 8.47. The van der Waals surface area contributed by atoms with Gasteiger partial charge in [-0.05, 0) is 47.8 Å². The third kappa shape index (κ3) is 2.44. The monoisotopic (exact) mass is 322 g/mol. The van der Waals surface area contributed by atoms with Gasteiger partial charge in [0.25, 0.3) is 5.91 Å². The second-order valence-corrected chi connectivity index (χ2v) is 7.40. The highest BCUT2D eigenvalue weighted by Crippen LogP contribution is 2.58. The smallest absolute Gasteiger partial charge is 0.260 e. The lowest BCUT2D eigenvalue weighted by Crippen LogP contribution is -2.48. The first-order valence-electron chi connectivity index (χ1n) is 8.47. The predicted octanol–water partition coefficient (Wildman–Crippen LogP) is 3.13. The van der Waals surface area contributed by atoms with Gasteiger partial charge < -0.3 is 4.57 Å². The summed E-state index contributed by atoms with van der Waals surface area (Å²) in [6, 6.07) is 7.78. The highest BCUT2D eigenvalue weighted by atomic mass is 16.2. The van der Waals surface area contributed by atoms with Crippen molar-refractivity contribution in [3.8, 4) is 0 Å². The highest BCUT2D eigenvalue weighted by molar-refractivity contribution is 5.84. The number of para-hydroxylation sites is 2. The molecule has 1 aromatic heterocycles. The summed E-state index contributed by atoms with van der Waals surface area (Å²) in [4.78, 5) is 16.4. The molecule has 124 valence electrons. The highest BCUT2D eigenvalue weighted by Gasteiger charge is 2.50. The number of fused-ring (bicyclic) bond motifs is 2. The van der Waals surface area contributed by atoms with Crippen LogP contribution in [0.1, 0.15) is 26.7 Å². The molecule has 2 aromatic rings. The number of benzene rings is 1. The topological polar surface area (TPSA) is 59.3 Å². The zero-order chi connectivity index (χ0) is 16.7. The first-order chi connectivity index (χ1) is 11.6. The van der Waals surface area contributed by atoms with Crippen molar-refractivity contribution in [1.29, 1.82) is 0 Å². The van der Waals surface area contributed by atoms with Crippen LogP contribution in [0.4, 0.5) is 0 Å². The van der Waals surface area contributed by atoms with E-state index in [1.807, 2.05) is 35.0 Å². The summed E-state index contributed by atoms with van der Waals surface area (Å²) in [5.41, 5.74) is 6.11. The normalized spacial score (nSPS) is 24.7. The minimum absolute atomic E-state index is 0.142. The number of imidazole rings is 1. The van der Waals surface area contributed by atoms with E-state index in [4.69, 9.17) is 0 Å². The average Bonchev–Trinajstić information content (AvgIpc) is 2.98. The largest absolute Gasteiger partial charge is 0.321 e. The summed E-state index contributed by atoms with van der Waals surface area (Å²) in [5, 5.41) is 4.17. The molecule has 2 bridgehead atoms. The van der Waals surface area contributed by atoms with E-state index in [0.717, 1.165) is 23.4 Å². The van der Waals surface area contributed by atoms with Gasteiger partial charge in [0.15, 0.2) is 0 Å². The van der Waals surface area contributed by atoms with Crippen LogP contribution in [0.3, 0.4) is 0 Å². The SMILES string of the molecule is CC1(C)[C@H]2CC=C(/C=N\NC(=O)Cn3cnc4ccccc43)[C@@H]1C2. The second-order valence-electron chi connectivity index (χ2n) is 7.40. The zero-order valence-electron chi connectivity index (χ0n) is 14.1. The number of hydrogen-bond acceptors (Lipinski definition) is 3. The van der Waals surface area contributed by atoms with Gasteiger partial charge in [0, 0.05) is 0 Å². The van der Waals surface area contributed by atoms with E-state index in [9.17, 15) is 4.79 Å². The van der Waals surface area contributed by atoms with Crippen molar-refractivity contribution < 1.29 is 4.79 Å². The van der Waals surface area contributed by atoms with Gasteiger partial charge in [-0.25, -0.2) is 10.4 Å². The van der Waals surface area contributed by atoms with E-state index >= 15 is 0 Å². The maximum absolute atomic E-state index is 12.1. The van der Waals surface area contributed by atoms with Crippen LogP contribution in [0.25, 0.3) is 11.0 Å². The number of aromatic nitrogens is 2. The fraction of sp³-hybridized carbons (Fsp3) is 0.421. The molecule has 1 amide bonds. The van der Waals surface area contributed by atoms with Crippen molar-refractivity contribution in [2.24, 2.45) is 22.4 Å². The molecule has 0 aliphatic heterocycles. The molecule has 24 heavy (non-hydrogen) atoms. The van der Waals surface area contributed by atoms with Crippen molar-refractivity contribution in [3.63, 3.8) is 0 Å². The number of carbonyl (C=O) groups is 1. The molecule has 3 aliphatic carbocycles. The van der Waals surface area contributed by atoms with Crippen LogP contribution >= 0.6 is 0 Å². The minimum Gasteiger partial charge on any atom is -0.321 e. The quantitative estimate of drug-likeness (QED) is 0.694. The molecule has 1 heterocycles. The fourth-order valence-corrected chi connectivity index (χ4v) is 4.05. The van der Waals surface area contributed by atoms with Gasteiger partial charge in [-0.15, -0.1) is 0 Å². The Morgan fingerprint density at radius 3 is 3.08 bits per heavy atom. The number of allylic oxidation sites excluding steroid dienone is 2. The second kappa shape index (κ2) is 5.58. The maximum Gasteiger partial charge on any atom is 0.260 e. The standard InChI is InChI=1S/C19H22N4O/c1-19(2)14-8-7-13(15(19)9-14)10-21-22-18(24)11-23-12-20-16-5-3-4-6-17(16)23/h3-7,10,12,14-15H,8-9,11H2,1-2H3,(H,22,24)/b21-10-/t14-,15-/m0/s1. The molecule has 5 heteroatoms. The minimum atomic E-state index is -0.142. The van der Waals surface area contributed by atoms with E-state index in [-0.39, 0.29) is 12.5 Å². The lowest BCUT2D eigenvalue weighted by molar-refractivity contribution is -0.121. The number of hydrogen-bond donors (Lipinski definition) is 1. The Morgan fingerprint density at radius 2 is 2.29 bits per heavy atom. The fourth-order valence-electron chi connectivity index (χ4n) is 4.05. The maximum atomic E-state index is 12.1. The van der Waals surface area contributed by atoms with E-state index in [1.165, 1.54) is 12.0 Å². The molecule has 1 aromatic carbocycles. The Kier molecular flexibility index (Phi) is 3.52. The van der Waals surface area contributed by atoms with Crippen LogP contribution in [0, 0.1) is 17.3 Å². The van der Waals surface area contributed by atoms with E-state index in [0.29, 0.717) is 11.3 Å². The van der Waals surface area contributed by atoms with Crippen molar-refractivity contribution in [1.82, 2.24) is 15.0 Å². The molecule has 1 saturated carbocycles. The van der Waals surface area contributed by atoms with Crippen molar-refractivity contribution in [2.45, 2.75) is 33.2 Å². The molecule has 1 fully saturated rings. The molecule has 0 saturated heterocycles. The molecule has 5 rings (SSSR count). The summed E-state index contributed by atoms with van der Waals surface area (Å²) in [6.07, 6.45) is 8.16. The van der Waals surface area contributed by atoms with Crippen molar-refractivity contribution in [3.05, 3.63) is 42.2 Å². The summed E-state index contributed by atoms with van der Waals surface area (Å²) >= 11 is 0. The lowest BCUT2D eigenvalue weighted by Gasteiger charge is -2.55. The molecule has 1 N–H and O–H groups in total. The number of hydrazone groups is 1. The van der Waals surface area contributed by atoms with E-state index < -0.39 is 0 Å². The summed E-state index contributed by atoms with van der Waals surface area (Å²) in [6.45, 7) is 4.87. The molecular weight excluding hydrogens is 300 g/mol. The number of nitrogens with zero attached hydrogens (tertiary/aromatic N) is 3. The molecule has 5 nitrogen and oxygen atoms in total. The lowest BCUT2D eigenvalue weighted by atomic mass is 9.49. The number of carbonyl (C=O) groups excluding carboxylic acids is 1. The summed E-state index contributed by atoms with van der Waals surface area (Å²) in [5.74, 6) is 1.25. The molecule has 0 unspecified atom stereocenters. The predicted molar refractivity (Wildman–Crippen MR) is 94.4 cm³/mol. The Morgan fingerprint density at radius 1 is 1.46 bits per heavy atom. The third-order valence-corrected chi connectivity index (χ3v) is 5.76. The summed E-state index contributed by atoms with van der Waals surface area (Å²) in [7, 11) is 0. The van der Waals surface area contributed by atoms with E-state index in [1.54, 1.807) is 6.33 Å². The van der Waals surface area contributed by atoms with Crippen LogP contribution in [-0.2, 0) is 11.3 Å². The Labute approximate surface area is 141 Å². The molecule has 0 radical (unpaired) electrons. The molecular formula is C19H22N4O. The van der Waals surface area contributed by atoms with Gasteiger partial charge >= 0.3 is 0 Å². The zero-order valence-corrected chi connectivity index (χ0v) is 14.1. The van der Waals surface area contributed by atoms with Crippen LogP contribution in [-0.4, -0.2) is 21.7 Å². The van der Waals surface area contributed by atoms with Gasteiger partial charge in [0.2, 0.25) is 0 Å². The summed E-state index contributed by atoms with van der Waals surface area (Å²) < 4.78 is 1.83. The Hall–Kier alpha value is -2.43. The number of amides is 1. The van der Waals surface area contributed by atoms with Gasteiger partial charge in [-0.2, -0.15) is 5.10 Å². The van der Waals surface area contributed by atoms with Gasteiger partial charge in [0.05, 0.1) is 23.6 Å². The van der Waals surface area contributed by atoms with Crippen molar-refractivity contribution in [2.75, 3.05) is 0 Å². The van der Waals surface area contributed by atoms with Crippen LogP contribution < -0.4 is 5.43 Å². The molecule has 3 aliphatic rings. The van der Waals surface area contributed by atoms with Crippen LogP contribution in [0.5, 0.6) is 0 Å². The van der Waals surface area contributed by atoms with Crippen LogP contribution in [0.15, 0.2) is 47.3 Å². The van der Waals surface area contributed by atoms with Crippen LogP contribution in [0.2, 0.25) is 0 Å². The number of rotatable bonds is 4. The van der Waals surface area contributed by atoms with E-state index in [2.05, 4.69) is 35.4 Å². The Balaban J connectivity index is 1.38. The number of nitrogens with one attached hydrogen (secondary N) is 1.